The number of carbonyl (C=O) groups is 1. The summed E-state index contributed by atoms with van der Waals surface area (Å²) in [5.41, 5.74) is 1.00. The van der Waals surface area contributed by atoms with E-state index < -0.39 is 11.8 Å². The molecule has 0 spiro atoms. The highest BCUT2D eigenvalue weighted by atomic mass is 32.1. The first-order valence-corrected chi connectivity index (χ1v) is 6.37. The second-order valence-electron chi connectivity index (χ2n) is 4.08. The Kier molecular flexibility index (Phi) is 2.60. The van der Waals surface area contributed by atoms with Gasteiger partial charge in [-0.25, -0.2) is 13.9 Å². The average molecular weight is 276 g/mol. The molecule has 4 nitrogen and oxygen atoms in total. The van der Waals surface area contributed by atoms with Crippen molar-refractivity contribution in [2.45, 2.75) is 6.92 Å². The Bertz CT molecular complexity index is 791. The summed E-state index contributed by atoms with van der Waals surface area (Å²) in [5.74, 6) is -1.38. The minimum atomic E-state index is -0.985. The highest BCUT2D eigenvalue weighted by molar-refractivity contribution is 7.20. The molecule has 1 aromatic carbocycles. The summed E-state index contributed by atoms with van der Waals surface area (Å²) in [6.07, 6.45) is 0. The second kappa shape index (κ2) is 4.17. The van der Waals surface area contributed by atoms with Gasteiger partial charge in [-0.05, 0) is 25.1 Å². The number of carboxylic acid groups (broad SMARTS) is 1. The maximum atomic E-state index is 13.8. The van der Waals surface area contributed by atoms with Gasteiger partial charge in [-0.1, -0.05) is 12.1 Å². The Morgan fingerprint density at radius 3 is 2.84 bits per heavy atom. The number of rotatable bonds is 2. The first-order chi connectivity index (χ1) is 9.08. The molecule has 96 valence electrons. The number of aryl methyl sites for hydroxylation is 1. The number of hydrogen-bond donors (Lipinski definition) is 1. The van der Waals surface area contributed by atoms with E-state index in [1.807, 2.05) is 0 Å². The van der Waals surface area contributed by atoms with Gasteiger partial charge in [0.25, 0.3) is 0 Å². The van der Waals surface area contributed by atoms with Crippen molar-refractivity contribution in [3.8, 4) is 5.69 Å². The van der Waals surface area contributed by atoms with E-state index in [0.717, 1.165) is 16.7 Å². The van der Waals surface area contributed by atoms with Gasteiger partial charge >= 0.3 is 5.97 Å². The van der Waals surface area contributed by atoms with Gasteiger partial charge in [0.2, 0.25) is 0 Å². The molecule has 2 heterocycles. The van der Waals surface area contributed by atoms with E-state index in [9.17, 15) is 9.18 Å². The Labute approximate surface area is 111 Å². The fraction of sp³-hybridized carbons (Fsp3) is 0.0769. The summed E-state index contributed by atoms with van der Waals surface area (Å²) >= 11 is 1.09. The van der Waals surface area contributed by atoms with E-state index in [4.69, 9.17) is 5.11 Å². The van der Waals surface area contributed by atoms with Gasteiger partial charge < -0.3 is 5.11 Å². The molecule has 3 aromatic rings. The molecule has 19 heavy (non-hydrogen) atoms. The molecule has 0 atom stereocenters. The average Bonchev–Trinajstić information content (AvgIpc) is 2.92. The van der Waals surface area contributed by atoms with Crippen molar-refractivity contribution >= 4 is 27.5 Å². The van der Waals surface area contributed by atoms with Crippen molar-refractivity contribution in [2.75, 3.05) is 0 Å². The highest BCUT2D eigenvalue weighted by Gasteiger charge is 2.17. The summed E-state index contributed by atoms with van der Waals surface area (Å²) in [5, 5.41) is 14.0. The van der Waals surface area contributed by atoms with Crippen LogP contribution in [0, 0.1) is 12.7 Å². The molecule has 0 amide bonds. The van der Waals surface area contributed by atoms with Crippen LogP contribution >= 0.6 is 11.3 Å². The number of aromatic carboxylic acids is 1. The molecule has 0 saturated heterocycles. The summed E-state index contributed by atoms with van der Waals surface area (Å²) in [7, 11) is 0. The third kappa shape index (κ3) is 1.80. The van der Waals surface area contributed by atoms with Gasteiger partial charge in [0.05, 0.1) is 5.69 Å². The molecule has 6 heteroatoms. The van der Waals surface area contributed by atoms with Crippen LogP contribution in [-0.2, 0) is 0 Å². The fourth-order valence-electron chi connectivity index (χ4n) is 1.94. The van der Waals surface area contributed by atoms with Crippen LogP contribution in [0.25, 0.3) is 15.9 Å². The highest BCUT2D eigenvalue weighted by Crippen LogP contribution is 2.30. The second-order valence-corrected chi connectivity index (χ2v) is 5.11. The Hall–Kier alpha value is -2.21. The SMILES string of the molecule is Cc1nn(-c2ccccc2F)c2sc(C(=O)O)cc12. The van der Waals surface area contributed by atoms with Crippen LogP contribution in [0.2, 0.25) is 0 Å². The molecule has 0 aliphatic heterocycles. The van der Waals surface area contributed by atoms with E-state index in [2.05, 4.69) is 5.10 Å². The normalized spacial score (nSPS) is 11.1. The van der Waals surface area contributed by atoms with Gasteiger partial charge in [0.15, 0.2) is 0 Å². The van der Waals surface area contributed by atoms with Gasteiger partial charge in [-0.15, -0.1) is 11.3 Å². The zero-order valence-corrected chi connectivity index (χ0v) is 10.7. The lowest BCUT2D eigenvalue weighted by molar-refractivity contribution is 0.0702. The number of aromatic nitrogens is 2. The lowest BCUT2D eigenvalue weighted by Crippen LogP contribution is -1.99. The predicted octanol–water partition coefficient (Wildman–Crippen LogP) is 3.23. The van der Waals surface area contributed by atoms with Crippen LogP contribution in [-0.4, -0.2) is 20.9 Å². The Morgan fingerprint density at radius 2 is 2.16 bits per heavy atom. The summed E-state index contributed by atoms with van der Waals surface area (Å²) < 4.78 is 15.3. The fourth-order valence-corrected chi connectivity index (χ4v) is 2.95. The van der Waals surface area contributed by atoms with Crippen molar-refractivity contribution in [3.63, 3.8) is 0 Å². The van der Waals surface area contributed by atoms with Crippen molar-refractivity contribution < 1.29 is 14.3 Å². The minimum Gasteiger partial charge on any atom is -0.477 e. The van der Waals surface area contributed by atoms with Crippen molar-refractivity contribution in [3.05, 3.63) is 46.7 Å². The number of nitrogens with zero attached hydrogens (tertiary/aromatic N) is 2. The smallest absolute Gasteiger partial charge is 0.345 e. The van der Waals surface area contributed by atoms with Crippen LogP contribution in [0.15, 0.2) is 30.3 Å². The number of benzene rings is 1. The molecular weight excluding hydrogens is 267 g/mol. The molecule has 0 fully saturated rings. The predicted molar refractivity (Wildman–Crippen MR) is 70.6 cm³/mol. The van der Waals surface area contributed by atoms with Gasteiger partial charge in [0.1, 0.15) is 21.2 Å². The topological polar surface area (TPSA) is 55.1 Å². The van der Waals surface area contributed by atoms with Crippen molar-refractivity contribution in [1.82, 2.24) is 9.78 Å². The molecule has 3 rings (SSSR count). The van der Waals surface area contributed by atoms with Crippen molar-refractivity contribution in [2.24, 2.45) is 0 Å². The van der Waals surface area contributed by atoms with E-state index in [1.54, 1.807) is 31.2 Å². The molecule has 0 aliphatic carbocycles. The third-order valence-corrected chi connectivity index (χ3v) is 3.93. The summed E-state index contributed by atoms with van der Waals surface area (Å²) in [4.78, 5) is 11.9. The zero-order valence-electron chi connectivity index (χ0n) is 9.92. The number of hydrogen-bond acceptors (Lipinski definition) is 3. The number of thiophene rings is 1. The molecule has 1 N–H and O–H groups in total. The lowest BCUT2D eigenvalue weighted by atomic mass is 10.3. The van der Waals surface area contributed by atoms with E-state index >= 15 is 0 Å². The molecule has 2 aromatic heterocycles. The van der Waals surface area contributed by atoms with Gasteiger partial charge in [-0.3, -0.25) is 0 Å². The van der Waals surface area contributed by atoms with E-state index in [1.165, 1.54) is 10.7 Å². The molecule has 0 bridgehead atoms. The van der Waals surface area contributed by atoms with Crippen LogP contribution in [0.1, 0.15) is 15.4 Å². The standard InChI is InChI=1S/C13H9FN2O2S/c1-7-8-6-11(13(17)18)19-12(8)16(15-7)10-5-3-2-4-9(10)14/h2-6H,1H3,(H,17,18). The largest absolute Gasteiger partial charge is 0.477 e. The van der Waals surface area contributed by atoms with Gasteiger partial charge in [0, 0.05) is 5.39 Å². The third-order valence-electron chi connectivity index (χ3n) is 2.84. The monoisotopic (exact) mass is 276 g/mol. The van der Waals surface area contributed by atoms with Crippen molar-refractivity contribution in [1.29, 1.82) is 0 Å². The molecule has 0 radical (unpaired) electrons. The van der Waals surface area contributed by atoms with Gasteiger partial charge in [-0.2, -0.15) is 5.10 Å². The minimum absolute atomic E-state index is 0.223. The number of fused-ring (bicyclic) bond motifs is 1. The molecule has 0 unspecified atom stereocenters. The maximum Gasteiger partial charge on any atom is 0.345 e. The number of carboxylic acids is 1. The number of para-hydroxylation sites is 1. The Balaban J connectivity index is 2.30. The quantitative estimate of drug-likeness (QED) is 0.781. The lowest BCUT2D eigenvalue weighted by Gasteiger charge is -2.02. The maximum absolute atomic E-state index is 13.8. The summed E-state index contributed by atoms with van der Waals surface area (Å²) in [6.45, 7) is 1.78. The van der Waals surface area contributed by atoms with E-state index in [0.29, 0.717) is 16.2 Å². The first-order valence-electron chi connectivity index (χ1n) is 5.55. The zero-order chi connectivity index (χ0) is 13.6. The molecular formula is C13H9FN2O2S. The number of halogens is 1. The molecule has 0 saturated carbocycles. The van der Waals surface area contributed by atoms with Crippen LogP contribution in [0.3, 0.4) is 0 Å². The van der Waals surface area contributed by atoms with Crippen LogP contribution < -0.4 is 0 Å². The first kappa shape index (κ1) is 11.9. The van der Waals surface area contributed by atoms with E-state index in [-0.39, 0.29) is 4.88 Å². The summed E-state index contributed by atoms with van der Waals surface area (Å²) in [6, 6.07) is 7.85. The van der Waals surface area contributed by atoms with Crippen LogP contribution in [0.4, 0.5) is 4.39 Å². The van der Waals surface area contributed by atoms with Crippen LogP contribution in [0.5, 0.6) is 0 Å². The molecule has 0 aliphatic rings. The Morgan fingerprint density at radius 1 is 1.42 bits per heavy atom.